The van der Waals surface area contributed by atoms with E-state index in [0.717, 1.165) is 11.6 Å². The van der Waals surface area contributed by atoms with Crippen LogP contribution in [-0.2, 0) is 0 Å². The zero-order chi connectivity index (χ0) is 9.97. The third-order valence-corrected chi connectivity index (χ3v) is 2.63. The van der Waals surface area contributed by atoms with Crippen LogP contribution < -0.4 is 10.6 Å². The van der Waals surface area contributed by atoms with Gasteiger partial charge < -0.3 is 10.6 Å². The maximum absolute atomic E-state index is 4.32. The Morgan fingerprint density at radius 1 is 1.36 bits per heavy atom. The van der Waals surface area contributed by atoms with Crippen molar-refractivity contribution in [2.45, 2.75) is 24.8 Å². The molecule has 74 valence electrons. The monoisotopic (exact) mass is 207 g/mol. The van der Waals surface area contributed by atoms with E-state index in [0.29, 0.717) is 6.04 Å². The van der Waals surface area contributed by atoms with Gasteiger partial charge in [-0.2, -0.15) is 4.40 Å². The highest BCUT2D eigenvalue weighted by Crippen LogP contribution is 2.30. The molecule has 0 aromatic heterocycles. The van der Waals surface area contributed by atoms with Crippen molar-refractivity contribution in [2.24, 2.45) is 4.40 Å². The average Bonchev–Trinajstić information content (AvgIpc) is 2.17. The smallest absolute Gasteiger partial charge is 0.208 e. The minimum atomic E-state index is 0.395. The van der Waals surface area contributed by atoms with Crippen LogP contribution in [0.5, 0.6) is 0 Å². The molecule has 14 heavy (non-hydrogen) atoms. The molecule has 1 aromatic rings. The molecule has 4 heteroatoms. The maximum Gasteiger partial charge on any atom is 0.208 e. The summed E-state index contributed by atoms with van der Waals surface area (Å²) in [4.78, 5) is 1.17. The largest absolute Gasteiger partial charge is 0.353 e. The molecular weight excluding hydrogens is 194 g/mol. The summed E-state index contributed by atoms with van der Waals surface area (Å²) in [7, 11) is 0. The number of benzene rings is 1. The second-order valence-corrected chi connectivity index (χ2v) is 4.26. The lowest BCUT2D eigenvalue weighted by molar-refractivity contribution is 0.732. The van der Waals surface area contributed by atoms with Crippen molar-refractivity contribution in [3.63, 3.8) is 0 Å². The van der Waals surface area contributed by atoms with Gasteiger partial charge in [0.2, 0.25) is 5.96 Å². The fraction of sp³-hybridized carbons (Fsp3) is 0.300. The highest BCUT2D eigenvalue weighted by Gasteiger charge is 2.11. The van der Waals surface area contributed by atoms with Gasteiger partial charge in [-0.05, 0) is 26.0 Å². The van der Waals surface area contributed by atoms with Gasteiger partial charge >= 0.3 is 0 Å². The summed E-state index contributed by atoms with van der Waals surface area (Å²) < 4.78 is 4.32. The Hall–Kier alpha value is -1.16. The molecule has 0 bridgehead atoms. The third kappa shape index (κ3) is 2.01. The van der Waals surface area contributed by atoms with Crippen molar-refractivity contribution < 1.29 is 0 Å². The van der Waals surface area contributed by atoms with E-state index in [1.807, 2.05) is 12.1 Å². The molecule has 2 rings (SSSR count). The quantitative estimate of drug-likeness (QED) is 0.695. The van der Waals surface area contributed by atoms with Crippen LogP contribution in [0.2, 0.25) is 0 Å². The Balaban J connectivity index is 2.13. The number of fused-ring (bicyclic) bond motifs is 1. The number of para-hydroxylation sites is 1. The van der Waals surface area contributed by atoms with E-state index in [2.05, 4.69) is 41.0 Å². The van der Waals surface area contributed by atoms with E-state index >= 15 is 0 Å². The zero-order valence-electron chi connectivity index (χ0n) is 8.24. The first-order chi connectivity index (χ1) is 6.75. The predicted molar refractivity (Wildman–Crippen MR) is 61.6 cm³/mol. The minimum Gasteiger partial charge on any atom is -0.353 e. The minimum absolute atomic E-state index is 0.395. The topological polar surface area (TPSA) is 36.4 Å². The van der Waals surface area contributed by atoms with Gasteiger partial charge in [0.25, 0.3) is 0 Å². The first-order valence-corrected chi connectivity index (χ1v) is 5.40. The summed E-state index contributed by atoms with van der Waals surface area (Å²) in [6.45, 7) is 4.19. The van der Waals surface area contributed by atoms with Crippen molar-refractivity contribution in [1.82, 2.24) is 5.32 Å². The Kier molecular flexibility index (Phi) is 2.63. The van der Waals surface area contributed by atoms with Gasteiger partial charge in [0, 0.05) is 18.0 Å². The summed E-state index contributed by atoms with van der Waals surface area (Å²) >= 11 is 1.50. The normalized spacial score (nSPS) is 14.4. The third-order valence-electron chi connectivity index (χ3n) is 1.80. The lowest BCUT2D eigenvalue weighted by Crippen LogP contribution is -2.36. The van der Waals surface area contributed by atoms with E-state index in [9.17, 15) is 0 Å². The first kappa shape index (κ1) is 9.40. The molecule has 3 nitrogen and oxygen atoms in total. The molecule has 0 saturated carbocycles. The molecular formula is C10H13N3S. The molecule has 0 amide bonds. The van der Waals surface area contributed by atoms with Gasteiger partial charge in [-0.1, -0.05) is 12.1 Å². The van der Waals surface area contributed by atoms with Gasteiger partial charge in [-0.15, -0.1) is 0 Å². The van der Waals surface area contributed by atoms with Crippen molar-refractivity contribution in [2.75, 3.05) is 5.32 Å². The molecule has 0 unspecified atom stereocenters. The van der Waals surface area contributed by atoms with Gasteiger partial charge in [-0.25, -0.2) is 0 Å². The van der Waals surface area contributed by atoms with Gasteiger partial charge in [0.05, 0.1) is 10.6 Å². The summed E-state index contributed by atoms with van der Waals surface area (Å²) in [6, 6.07) is 8.54. The van der Waals surface area contributed by atoms with Crippen LogP contribution in [0.25, 0.3) is 0 Å². The number of anilines is 1. The van der Waals surface area contributed by atoms with Crippen LogP contribution in [0.15, 0.2) is 33.6 Å². The average molecular weight is 207 g/mol. The fourth-order valence-corrected chi connectivity index (χ4v) is 1.88. The van der Waals surface area contributed by atoms with Crippen LogP contribution in [0.4, 0.5) is 5.69 Å². The summed E-state index contributed by atoms with van der Waals surface area (Å²) in [6.07, 6.45) is 0. The predicted octanol–water partition coefficient (Wildman–Crippen LogP) is 2.47. The maximum atomic E-state index is 4.32. The molecule has 2 N–H and O–H groups in total. The first-order valence-electron chi connectivity index (χ1n) is 4.63. The highest BCUT2D eigenvalue weighted by molar-refractivity contribution is 7.98. The van der Waals surface area contributed by atoms with Crippen molar-refractivity contribution in [3.8, 4) is 0 Å². The lowest BCUT2D eigenvalue weighted by Gasteiger charge is -2.19. The van der Waals surface area contributed by atoms with Crippen LogP contribution in [-0.4, -0.2) is 12.0 Å². The molecule has 1 aromatic carbocycles. The van der Waals surface area contributed by atoms with Crippen LogP contribution in [0, 0.1) is 0 Å². The number of rotatable bonds is 1. The molecule has 1 aliphatic rings. The molecule has 0 aliphatic carbocycles. The van der Waals surface area contributed by atoms with Crippen LogP contribution >= 0.6 is 11.9 Å². The highest BCUT2D eigenvalue weighted by atomic mass is 32.2. The van der Waals surface area contributed by atoms with Gasteiger partial charge in [0.15, 0.2) is 0 Å². The van der Waals surface area contributed by atoms with Crippen molar-refractivity contribution >= 4 is 23.6 Å². The Labute approximate surface area is 88.1 Å². The zero-order valence-corrected chi connectivity index (χ0v) is 9.06. The Morgan fingerprint density at radius 3 is 2.93 bits per heavy atom. The number of nitrogens with zero attached hydrogens (tertiary/aromatic N) is 1. The van der Waals surface area contributed by atoms with Crippen LogP contribution in [0.3, 0.4) is 0 Å². The van der Waals surface area contributed by atoms with Crippen LogP contribution in [0.1, 0.15) is 13.8 Å². The summed E-state index contributed by atoms with van der Waals surface area (Å²) in [5, 5.41) is 6.49. The van der Waals surface area contributed by atoms with Crippen molar-refractivity contribution in [1.29, 1.82) is 0 Å². The SMILES string of the molecule is CC(C)NC1=NSc2ccccc2N1. The van der Waals surface area contributed by atoms with E-state index < -0.39 is 0 Å². The van der Waals surface area contributed by atoms with E-state index in [-0.39, 0.29) is 0 Å². The number of nitrogens with one attached hydrogen (secondary N) is 2. The molecule has 0 radical (unpaired) electrons. The standard InChI is InChI=1S/C10H13N3S/c1-7(2)11-10-12-8-5-3-4-6-9(8)14-13-10/h3-7H,1-2H3,(H2,11,12,13). The van der Waals surface area contributed by atoms with Crippen molar-refractivity contribution in [3.05, 3.63) is 24.3 Å². The molecule has 0 spiro atoms. The van der Waals surface area contributed by atoms with E-state index in [4.69, 9.17) is 0 Å². The Morgan fingerprint density at radius 2 is 2.14 bits per heavy atom. The Bertz CT molecular complexity index is 360. The number of hydrogen-bond acceptors (Lipinski definition) is 4. The second-order valence-electron chi connectivity index (χ2n) is 3.45. The van der Waals surface area contributed by atoms with E-state index in [1.54, 1.807) is 0 Å². The summed E-state index contributed by atoms with van der Waals surface area (Å²) in [5.41, 5.74) is 1.12. The van der Waals surface area contributed by atoms with E-state index in [1.165, 1.54) is 16.8 Å². The molecule has 1 aliphatic heterocycles. The molecule has 0 fully saturated rings. The van der Waals surface area contributed by atoms with Gasteiger partial charge in [-0.3, -0.25) is 0 Å². The number of hydrogen-bond donors (Lipinski definition) is 2. The molecule has 1 heterocycles. The summed E-state index contributed by atoms with van der Waals surface area (Å²) in [5.74, 6) is 0.837. The fourth-order valence-electron chi connectivity index (χ4n) is 1.23. The second kappa shape index (κ2) is 3.92. The van der Waals surface area contributed by atoms with Gasteiger partial charge in [0.1, 0.15) is 0 Å². The molecule has 0 atom stereocenters. The molecule has 0 saturated heterocycles. The lowest BCUT2D eigenvalue weighted by atomic mass is 10.3. The number of guanidine groups is 1.